The smallest absolute Gasteiger partial charge is 0.170 e. The van der Waals surface area contributed by atoms with Crippen molar-refractivity contribution in [1.82, 2.24) is 4.98 Å². The molecule has 0 fully saturated rings. The van der Waals surface area contributed by atoms with Gasteiger partial charge in [0.15, 0.2) is 15.1 Å². The fraction of sp³-hybridized carbons (Fsp3) is 0.562. The quantitative estimate of drug-likeness (QED) is 0.833. The van der Waals surface area contributed by atoms with E-state index in [2.05, 4.69) is 4.98 Å². The fourth-order valence-corrected chi connectivity index (χ4v) is 5.25. The van der Waals surface area contributed by atoms with Crippen molar-refractivity contribution in [3.8, 4) is 12.1 Å². The average Bonchev–Trinajstić information content (AvgIpc) is 2.44. The summed E-state index contributed by atoms with van der Waals surface area (Å²) in [5, 5.41) is 16.6. The molecule has 22 heavy (non-hydrogen) atoms. The predicted molar refractivity (Wildman–Crippen MR) is 82.5 cm³/mol. The van der Waals surface area contributed by atoms with Crippen LogP contribution in [0.3, 0.4) is 0 Å². The summed E-state index contributed by atoms with van der Waals surface area (Å²) >= 11 is 0. The molecule has 0 aliphatic heterocycles. The van der Waals surface area contributed by atoms with Crippen LogP contribution in [0.4, 0.5) is 0 Å². The topological polar surface area (TPSA) is 94.6 Å². The second-order valence-electron chi connectivity index (χ2n) is 6.74. The Morgan fingerprint density at radius 3 is 2.55 bits per heavy atom. The molecule has 6 heteroatoms. The Bertz CT molecular complexity index is 764. The van der Waals surface area contributed by atoms with Crippen LogP contribution < -0.4 is 0 Å². The lowest BCUT2D eigenvalue weighted by Gasteiger charge is -2.31. The molecular weight excluding hydrogens is 298 g/mol. The number of fused-ring (bicyclic) bond motifs is 1. The number of aryl methyl sites for hydroxylation is 1. The Labute approximate surface area is 131 Å². The zero-order valence-corrected chi connectivity index (χ0v) is 13.8. The molecule has 1 aromatic rings. The summed E-state index contributed by atoms with van der Waals surface area (Å²) in [6.45, 7) is 5.32. The molecule has 1 aliphatic carbocycles. The summed E-state index contributed by atoms with van der Waals surface area (Å²) in [5.74, 6) is 0. The van der Waals surface area contributed by atoms with Gasteiger partial charge in [-0.05, 0) is 36.3 Å². The summed E-state index contributed by atoms with van der Waals surface area (Å²) < 4.78 is 25.6. The zero-order chi connectivity index (χ0) is 16.5. The summed E-state index contributed by atoms with van der Waals surface area (Å²) in [5.41, 5.74) is 1.40. The first kappa shape index (κ1) is 16.5. The number of nitrogens with zero attached hydrogens (tertiary/aromatic N) is 3. The van der Waals surface area contributed by atoms with E-state index in [1.165, 1.54) is 0 Å². The first-order valence-electron chi connectivity index (χ1n) is 7.21. The van der Waals surface area contributed by atoms with Crippen molar-refractivity contribution in [1.29, 1.82) is 10.5 Å². The van der Waals surface area contributed by atoms with Gasteiger partial charge in [-0.1, -0.05) is 26.8 Å². The van der Waals surface area contributed by atoms with E-state index >= 15 is 0 Å². The molecule has 0 amide bonds. The van der Waals surface area contributed by atoms with Gasteiger partial charge >= 0.3 is 0 Å². The minimum atomic E-state index is -3.54. The van der Waals surface area contributed by atoms with Crippen molar-refractivity contribution in [2.75, 3.05) is 0 Å². The molecule has 1 aliphatic rings. The van der Waals surface area contributed by atoms with E-state index in [9.17, 15) is 13.7 Å². The third-order valence-corrected chi connectivity index (χ3v) is 6.83. The SMILES string of the molecule is CC(C)(C)C(C#N)S(=O)(=O)C1CCc2nc(C#N)ccc2C1. The largest absolute Gasteiger partial charge is 0.242 e. The fourth-order valence-electron chi connectivity index (χ4n) is 2.87. The average molecular weight is 317 g/mol. The first-order valence-corrected chi connectivity index (χ1v) is 8.82. The first-order chi connectivity index (χ1) is 10.2. The van der Waals surface area contributed by atoms with Crippen LogP contribution in [0.5, 0.6) is 0 Å². The lowest BCUT2D eigenvalue weighted by atomic mass is 9.92. The van der Waals surface area contributed by atoms with Crippen LogP contribution in [-0.2, 0) is 22.7 Å². The summed E-state index contributed by atoms with van der Waals surface area (Å²) in [7, 11) is -3.54. The Morgan fingerprint density at radius 1 is 1.32 bits per heavy atom. The molecule has 1 heterocycles. The number of pyridine rings is 1. The Balaban J connectivity index is 2.33. The molecule has 2 atom stereocenters. The van der Waals surface area contributed by atoms with Gasteiger partial charge in [0.05, 0.1) is 11.3 Å². The van der Waals surface area contributed by atoms with Crippen LogP contribution in [0, 0.1) is 28.1 Å². The van der Waals surface area contributed by atoms with Crippen LogP contribution in [0.25, 0.3) is 0 Å². The molecule has 2 unspecified atom stereocenters. The number of rotatable bonds is 2. The van der Waals surface area contributed by atoms with E-state index in [1.54, 1.807) is 32.9 Å². The number of aromatic nitrogens is 1. The number of hydrogen-bond acceptors (Lipinski definition) is 5. The van der Waals surface area contributed by atoms with E-state index in [0.717, 1.165) is 11.3 Å². The van der Waals surface area contributed by atoms with Crippen LogP contribution in [-0.4, -0.2) is 23.9 Å². The highest BCUT2D eigenvalue weighted by Gasteiger charge is 2.42. The molecule has 0 saturated carbocycles. The number of sulfone groups is 1. The minimum absolute atomic E-state index is 0.352. The summed E-state index contributed by atoms with van der Waals surface area (Å²) in [6.07, 6.45) is 1.34. The molecule has 2 rings (SSSR count). The van der Waals surface area contributed by atoms with E-state index in [1.807, 2.05) is 12.1 Å². The maximum absolute atomic E-state index is 12.8. The van der Waals surface area contributed by atoms with E-state index < -0.39 is 25.8 Å². The van der Waals surface area contributed by atoms with Gasteiger partial charge in [-0.25, -0.2) is 13.4 Å². The molecule has 0 aromatic carbocycles. The highest BCUT2D eigenvalue weighted by molar-refractivity contribution is 7.92. The maximum atomic E-state index is 12.8. The standard InChI is InChI=1S/C16H19N3O2S/c1-16(2,3)15(10-18)22(20,21)13-6-7-14-11(8-13)4-5-12(9-17)19-14/h4-5,13,15H,6-8H2,1-3H3. The molecule has 5 nitrogen and oxygen atoms in total. The molecule has 1 aromatic heterocycles. The highest BCUT2D eigenvalue weighted by Crippen LogP contribution is 2.33. The molecule has 0 radical (unpaired) electrons. The summed E-state index contributed by atoms with van der Waals surface area (Å²) in [4.78, 5) is 4.24. The van der Waals surface area contributed by atoms with E-state index in [4.69, 9.17) is 5.26 Å². The zero-order valence-electron chi connectivity index (χ0n) is 13.0. The van der Waals surface area contributed by atoms with Crippen molar-refractivity contribution in [2.45, 2.75) is 50.5 Å². The van der Waals surface area contributed by atoms with E-state index in [0.29, 0.717) is 25.0 Å². The Kier molecular flexibility index (Phi) is 4.26. The molecule has 0 saturated heterocycles. The van der Waals surface area contributed by atoms with Crippen molar-refractivity contribution in [3.63, 3.8) is 0 Å². The van der Waals surface area contributed by atoms with Crippen molar-refractivity contribution in [2.24, 2.45) is 5.41 Å². The van der Waals surface area contributed by atoms with Crippen LogP contribution in [0.2, 0.25) is 0 Å². The lowest BCUT2D eigenvalue weighted by molar-refractivity contribution is 0.413. The predicted octanol–water partition coefficient (Wildman–Crippen LogP) is 2.16. The maximum Gasteiger partial charge on any atom is 0.170 e. The molecule has 0 N–H and O–H groups in total. The van der Waals surface area contributed by atoms with Crippen molar-refractivity contribution in [3.05, 3.63) is 29.1 Å². The third kappa shape index (κ3) is 2.98. The van der Waals surface area contributed by atoms with Gasteiger partial charge in [-0.3, -0.25) is 0 Å². The van der Waals surface area contributed by atoms with Gasteiger partial charge in [0, 0.05) is 5.69 Å². The second-order valence-corrected chi connectivity index (χ2v) is 9.06. The normalized spacial score (nSPS) is 19.6. The van der Waals surface area contributed by atoms with Gasteiger partial charge in [0.1, 0.15) is 11.8 Å². The van der Waals surface area contributed by atoms with Crippen LogP contribution in [0.15, 0.2) is 12.1 Å². The monoisotopic (exact) mass is 317 g/mol. The van der Waals surface area contributed by atoms with Gasteiger partial charge < -0.3 is 0 Å². The Hall–Kier alpha value is -1.92. The van der Waals surface area contributed by atoms with E-state index in [-0.39, 0.29) is 0 Å². The van der Waals surface area contributed by atoms with Gasteiger partial charge in [0.2, 0.25) is 0 Å². The lowest BCUT2D eigenvalue weighted by Crippen LogP contribution is -2.42. The van der Waals surface area contributed by atoms with Crippen molar-refractivity contribution < 1.29 is 8.42 Å². The van der Waals surface area contributed by atoms with Gasteiger partial charge in [-0.15, -0.1) is 0 Å². The molecule has 116 valence electrons. The van der Waals surface area contributed by atoms with Crippen LogP contribution >= 0.6 is 0 Å². The molecular formula is C16H19N3O2S. The summed E-state index contributed by atoms with van der Waals surface area (Å²) in [6, 6.07) is 7.36. The third-order valence-electron chi connectivity index (χ3n) is 4.03. The van der Waals surface area contributed by atoms with Gasteiger partial charge in [0.25, 0.3) is 0 Å². The molecule has 0 bridgehead atoms. The number of hydrogen-bond donors (Lipinski definition) is 0. The Morgan fingerprint density at radius 2 is 2.00 bits per heavy atom. The van der Waals surface area contributed by atoms with Gasteiger partial charge in [-0.2, -0.15) is 10.5 Å². The highest BCUT2D eigenvalue weighted by atomic mass is 32.2. The van der Waals surface area contributed by atoms with Crippen LogP contribution in [0.1, 0.15) is 44.1 Å². The minimum Gasteiger partial charge on any atom is -0.242 e. The second kappa shape index (κ2) is 5.70. The molecule has 0 spiro atoms. The van der Waals surface area contributed by atoms with Crippen molar-refractivity contribution >= 4 is 9.84 Å². The number of nitriles is 2.